The Labute approximate surface area is 143 Å². The van der Waals surface area contributed by atoms with Crippen molar-refractivity contribution < 1.29 is 14.2 Å². The van der Waals surface area contributed by atoms with Gasteiger partial charge in [-0.2, -0.15) is 0 Å². The first-order chi connectivity index (χ1) is 11.5. The van der Waals surface area contributed by atoms with Crippen LogP contribution in [-0.4, -0.2) is 4.92 Å². The molecule has 2 aromatic carbocycles. The molecule has 0 saturated carbocycles. The van der Waals surface area contributed by atoms with Gasteiger partial charge in [0.2, 0.25) is 5.76 Å². The molecule has 120 valence electrons. The molecule has 0 aliphatic heterocycles. The van der Waals surface area contributed by atoms with E-state index in [9.17, 15) is 10.1 Å². The lowest BCUT2D eigenvalue weighted by molar-refractivity contribution is -0.844. The van der Waals surface area contributed by atoms with Crippen molar-refractivity contribution in [3.05, 3.63) is 81.0 Å². The number of nitro benzene ring substituents is 1. The van der Waals surface area contributed by atoms with Crippen molar-refractivity contribution in [3.63, 3.8) is 0 Å². The smallest absolute Gasteiger partial charge is 0.258 e. The molecule has 0 aliphatic carbocycles. The topological polar surface area (TPSA) is 60.2 Å². The Morgan fingerprint density at radius 3 is 2.38 bits per heavy atom. The average molecular weight is 342 g/mol. The first kappa shape index (κ1) is 16.0. The number of non-ortho nitro benzene ring substituents is 1. The number of halogens is 1. The van der Waals surface area contributed by atoms with E-state index in [1.165, 1.54) is 12.1 Å². The second-order valence-corrected chi connectivity index (χ2v) is 5.65. The molecule has 3 aromatic rings. The molecule has 3 rings (SSSR count). The van der Waals surface area contributed by atoms with E-state index in [0.717, 1.165) is 22.6 Å². The molecule has 0 saturated heterocycles. The molecule has 0 amide bonds. The van der Waals surface area contributed by atoms with Crippen molar-refractivity contribution in [2.24, 2.45) is 7.05 Å². The van der Waals surface area contributed by atoms with Crippen LogP contribution in [0.4, 0.5) is 5.69 Å². The van der Waals surface area contributed by atoms with Crippen LogP contribution in [0.15, 0.2) is 59.1 Å². The maximum atomic E-state index is 10.7. The van der Waals surface area contributed by atoms with Crippen molar-refractivity contribution in [2.45, 2.75) is 0 Å². The fourth-order valence-electron chi connectivity index (χ4n) is 2.24. The van der Waals surface area contributed by atoms with Crippen molar-refractivity contribution in [1.29, 1.82) is 0 Å². The molecule has 0 unspecified atom stereocenters. The first-order valence-corrected chi connectivity index (χ1v) is 7.59. The van der Waals surface area contributed by atoms with Crippen LogP contribution in [0.25, 0.3) is 23.5 Å². The van der Waals surface area contributed by atoms with Crippen molar-refractivity contribution in [3.8, 4) is 11.3 Å². The van der Waals surface area contributed by atoms with Gasteiger partial charge in [-0.05, 0) is 52.8 Å². The lowest BCUT2D eigenvalue weighted by Crippen LogP contribution is -2.27. The third-order valence-corrected chi connectivity index (χ3v) is 3.81. The van der Waals surface area contributed by atoms with Crippen LogP contribution in [-0.2, 0) is 7.05 Å². The van der Waals surface area contributed by atoms with Crippen LogP contribution in [0, 0.1) is 10.1 Å². The van der Waals surface area contributed by atoms with Gasteiger partial charge in [-0.25, -0.2) is 4.52 Å². The molecule has 0 spiro atoms. The molecule has 24 heavy (non-hydrogen) atoms. The molecule has 1 aromatic heterocycles. The van der Waals surface area contributed by atoms with Crippen LogP contribution < -0.4 is 4.74 Å². The normalized spacial score (nSPS) is 11.1. The van der Waals surface area contributed by atoms with Gasteiger partial charge in [0.15, 0.2) is 7.05 Å². The molecule has 0 radical (unpaired) electrons. The van der Waals surface area contributed by atoms with Gasteiger partial charge in [0.1, 0.15) is 0 Å². The number of nitro groups is 1. The summed E-state index contributed by atoms with van der Waals surface area (Å²) in [5.74, 6) is 0.734. The fraction of sp³-hybridized carbons (Fsp3) is 0.0556. The Bertz CT molecular complexity index is 897. The summed E-state index contributed by atoms with van der Waals surface area (Å²) in [6.07, 6.45) is 3.77. The summed E-state index contributed by atoms with van der Waals surface area (Å²) >= 11 is 5.89. The zero-order valence-electron chi connectivity index (χ0n) is 12.8. The molecular weight excluding hydrogens is 328 g/mol. The number of rotatable bonds is 4. The van der Waals surface area contributed by atoms with E-state index < -0.39 is 4.92 Å². The second kappa shape index (κ2) is 6.68. The Hall–Kier alpha value is -2.92. The highest BCUT2D eigenvalue weighted by molar-refractivity contribution is 6.30. The highest BCUT2D eigenvalue weighted by atomic mass is 35.5. The Morgan fingerprint density at radius 1 is 1.08 bits per heavy atom. The summed E-state index contributed by atoms with van der Waals surface area (Å²) in [5, 5.41) is 11.3. The third-order valence-electron chi connectivity index (χ3n) is 3.56. The maximum absolute atomic E-state index is 10.7. The number of aryl methyl sites for hydroxylation is 1. The summed E-state index contributed by atoms with van der Waals surface area (Å²) in [4.78, 5) is 10.2. The molecule has 0 atom stereocenters. The maximum Gasteiger partial charge on any atom is 0.269 e. The van der Waals surface area contributed by atoms with Gasteiger partial charge in [0.05, 0.1) is 11.0 Å². The van der Waals surface area contributed by atoms with E-state index in [-0.39, 0.29) is 5.69 Å². The first-order valence-electron chi connectivity index (χ1n) is 7.22. The van der Waals surface area contributed by atoms with Crippen LogP contribution >= 0.6 is 11.6 Å². The third kappa shape index (κ3) is 3.52. The highest BCUT2D eigenvalue weighted by Crippen LogP contribution is 2.22. The number of aromatic nitrogens is 1. The molecule has 0 aliphatic rings. The quantitative estimate of drug-likeness (QED) is 0.398. The monoisotopic (exact) mass is 341 g/mol. The van der Waals surface area contributed by atoms with Crippen LogP contribution in [0.1, 0.15) is 11.3 Å². The minimum absolute atomic E-state index is 0.0750. The molecule has 5 nitrogen and oxygen atoms in total. The Morgan fingerprint density at radius 2 is 1.75 bits per heavy atom. The Kier molecular flexibility index (Phi) is 4.44. The summed E-state index contributed by atoms with van der Waals surface area (Å²) in [7, 11) is 1.81. The van der Waals surface area contributed by atoms with Gasteiger partial charge in [-0.1, -0.05) is 11.6 Å². The van der Waals surface area contributed by atoms with E-state index in [0.29, 0.717) is 5.02 Å². The summed E-state index contributed by atoms with van der Waals surface area (Å²) < 4.78 is 7.37. The van der Waals surface area contributed by atoms with Gasteiger partial charge in [-0.3, -0.25) is 10.1 Å². The number of nitrogens with zero attached hydrogens (tertiary/aromatic N) is 2. The van der Waals surface area contributed by atoms with E-state index >= 15 is 0 Å². The summed E-state index contributed by atoms with van der Waals surface area (Å²) in [6, 6.07) is 15.7. The Balaban J connectivity index is 1.82. The predicted octanol–water partition coefficient (Wildman–Crippen LogP) is 4.50. The number of hydrogen-bond donors (Lipinski definition) is 0. The van der Waals surface area contributed by atoms with Crippen LogP contribution in [0.3, 0.4) is 0 Å². The predicted molar refractivity (Wildman–Crippen MR) is 92.4 cm³/mol. The van der Waals surface area contributed by atoms with Crippen molar-refractivity contribution in [1.82, 2.24) is 0 Å². The van der Waals surface area contributed by atoms with Gasteiger partial charge in [-0.15, -0.1) is 0 Å². The molecule has 1 heterocycles. The molecular formula is C18H14ClN2O3+. The number of benzene rings is 2. The van der Waals surface area contributed by atoms with E-state index in [1.807, 2.05) is 49.5 Å². The van der Waals surface area contributed by atoms with Crippen molar-refractivity contribution >= 4 is 29.4 Å². The van der Waals surface area contributed by atoms with Gasteiger partial charge in [0.25, 0.3) is 11.4 Å². The lowest BCUT2D eigenvalue weighted by atomic mass is 10.1. The van der Waals surface area contributed by atoms with Crippen LogP contribution in [0.2, 0.25) is 5.02 Å². The second-order valence-electron chi connectivity index (χ2n) is 5.21. The molecule has 0 fully saturated rings. The van der Waals surface area contributed by atoms with E-state index in [4.69, 9.17) is 16.1 Å². The number of hydrogen-bond acceptors (Lipinski definition) is 3. The minimum atomic E-state index is -0.415. The fourth-order valence-corrected chi connectivity index (χ4v) is 2.37. The standard InChI is InChI=1S/C18H14ClN2O3/c1-20-17(11-4-13-2-9-16(10-3-13)21(22)23)12-18(24-20)14-5-7-15(19)8-6-14/h2-12H,1H3/q+1/b11-4+. The highest BCUT2D eigenvalue weighted by Gasteiger charge is 2.14. The molecule has 0 N–H and O–H groups in total. The van der Waals surface area contributed by atoms with Gasteiger partial charge >= 0.3 is 0 Å². The molecule has 0 bridgehead atoms. The van der Waals surface area contributed by atoms with Gasteiger partial charge < -0.3 is 0 Å². The summed E-state index contributed by atoms with van der Waals surface area (Å²) in [6.45, 7) is 0. The zero-order valence-corrected chi connectivity index (χ0v) is 13.6. The average Bonchev–Trinajstić information content (AvgIpc) is 2.95. The van der Waals surface area contributed by atoms with E-state index in [1.54, 1.807) is 16.9 Å². The largest absolute Gasteiger partial charge is 0.269 e. The van der Waals surface area contributed by atoms with Crippen LogP contribution in [0.5, 0.6) is 0 Å². The van der Waals surface area contributed by atoms with Crippen molar-refractivity contribution in [2.75, 3.05) is 0 Å². The molecule has 6 heteroatoms. The lowest BCUT2D eigenvalue weighted by Gasteiger charge is -1.92. The summed E-state index contributed by atoms with van der Waals surface area (Å²) in [5.41, 5.74) is 2.75. The SMILES string of the molecule is C[n+]1oc(-c2ccc(Cl)cc2)cc1/C=C/c1ccc([N+](=O)[O-])cc1. The van der Waals surface area contributed by atoms with Gasteiger partial charge in [0, 0.05) is 28.8 Å². The van der Waals surface area contributed by atoms with E-state index in [2.05, 4.69) is 0 Å². The zero-order chi connectivity index (χ0) is 17.1. The minimum Gasteiger partial charge on any atom is -0.258 e.